The van der Waals surface area contributed by atoms with E-state index in [1.54, 1.807) is 25.4 Å². The van der Waals surface area contributed by atoms with E-state index in [1.807, 2.05) is 0 Å². The summed E-state index contributed by atoms with van der Waals surface area (Å²) in [6, 6.07) is 3.42. The molecule has 1 amide bonds. The maximum absolute atomic E-state index is 11.2. The molecule has 2 N–H and O–H groups in total. The van der Waals surface area contributed by atoms with Gasteiger partial charge in [0.1, 0.15) is 0 Å². The largest absolute Gasteiger partial charge is 0.319 e. The van der Waals surface area contributed by atoms with Crippen LogP contribution in [0, 0.1) is 0 Å². The molecule has 0 aliphatic rings. The zero-order chi connectivity index (χ0) is 9.52. The molecule has 0 saturated heterocycles. The molecule has 0 aromatic carbocycles. The number of anilines is 1. The van der Waals surface area contributed by atoms with E-state index in [2.05, 4.69) is 20.8 Å². The summed E-state index contributed by atoms with van der Waals surface area (Å²) in [5.74, 6) is 0.429. The van der Waals surface area contributed by atoms with Crippen LogP contribution < -0.4 is 10.6 Å². The van der Waals surface area contributed by atoms with Gasteiger partial charge in [-0.25, -0.2) is 0 Å². The van der Waals surface area contributed by atoms with Crippen molar-refractivity contribution in [3.63, 3.8) is 0 Å². The number of amides is 1. The third kappa shape index (κ3) is 3.62. The molecule has 0 aliphatic carbocycles. The minimum Gasteiger partial charge on any atom is -0.319 e. The van der Waals surface area contributed by atoms with Gasteiger partial charge in [0.05, 0.1) is 0 Å². The van der Waals surface area contributed by atoms with Crippen molar-refractivity contribution in [3.8, 4) is 0 Å². The quantitative estimate of drug-likeness (QED) is 0.685. The van der Waals surface area contributed by atoms with Gasteiger partial charge in [-0.2, -0.15) is 5.10 Å². The van der Waals surface area contributed by atoms with Gasteiger partial charge < -0.3 is 10.6 Å². The van der Waals surface area contributed by atoms with Gasteiger partial charge >= 0.3 is 0 Å². The Morgan fingerprint density at radius 3 is 3.08 bits per heavy atom. The van der Waals surface area contributed by atoms with Gasteiger partial charge in [0.15, 0.2) is 5.82 Å². The highest BCUT2D eigenvalue weighted by Gasteiger charge is 2.00. The molecule has 1 rings (SSSR count). The van der Waals surface area contributed by atoms with E-state index in [0.717, 1.165) is 0 Å². The zero-order valence-corrected chi connectivity index (χ0v) is 7.45. The van der Waals surface area contributed by atoms with E-state index in [1.165, 1.54) is 0 Å². The third-order valence-electron chi connectivity index (χ3n) is 1.44. The standard InChI is InChI=1S/C8H12N4O/c1-9-6-4-8(13)11-7-3-2-5-10-12-7/h2-3,5,9H,4,6H2,1H3,(H,11,12,13). The first-order valence-corrected chi connectivity index (χ1v) is 4.05. The fourth-order valence-corrected chi connectivity index (χ4v) is 0.812. The van der Waals surface area contributed by atoms with Crippen molar-refractivity contribution in [2.45, 2.75) is 6.42 Å². The molecule has 0 bridgehead atoms. The summed E-state index contributed by atoms with van der Waals surface area (Å²) >= 11 is 0. The smallest absolute Gasteiger partial charge is 0.226 e. The average Bonchev–Trinajstić information content (AvgIpc) is 2.16. The van der Waals surface area contributed by atoms with Crippen molar-refractivity contribution in [2.24, 2.45) is 0 Å². The molecule has 0 unspecified atom stereocenters. The van der Waals surface area contributed by atoms with E-state index in [9.17, 15) is 4.79 Å². The Morgan fingerprint density at radius 1 is 1.62 bits per heavy atom. The molecule has 5 nitrogen and oxygen atoms in total. The summed E-state index contributed by atoms with van der Waals surface area (Å²) in [5, 5.41) is 12.9. The van der Waals surface area contributed by atoms with Crippen molar-refractivity contribution in [2.75, 3.05) is 18.9 Å². The number of nitrogens with one attached hydrogen (secondary N) is 2. The van der Waals surface area contributed by atoms with Crippen LogP contribution in [0.25, 0.3) is 0 Å². The first-order chi connectivity index (χ1) is 6.33. The Kier molecular flexibility index (Phi) is 3.84. The number of hydrogen-bond donors (Lipinski definition) is 2. The molecule has 1 aromatic heterocycles. The first kappa shape index (κ1) is 9.60. The molecular formula is C8H12N4O. The van der Waals surface area contributed by atoms with Gasteiger partial charge in [0, 0.05) is 19.2 Å². The highest BCUT2D eigenvalue weighted by Crippen LogP contribution is 1.97. The number of carbonyl (C=O) groups is 1. The van der Waals surface area contributed by atoms with Crippen molar-refractivity contribution < 1.29 is 4.79 Å². The van der Waals surface area contributed by atoms with Crippen molar-refractivity contribution >= 4 is 11.7 Å². The van der Waals surface area contributed by atoms with E-state index in [4.69, 9.17) is 0 Å². The van der Waals surface area contributed by atoms with E-state index in [-0.39, 0.29) is 5.91 Å². The van der Waals surface area contributed by atoms with E-state index >= 15 is 0 Å². The summed E-state index contributed by atoms with van der Waals surface area (Å²) in [7, 11) is 1.80. The second kappa shape index (κ2) is 5.21. The number of carbonyl (C=O) groups excluding carboxylic acids is 1. The fourth-order valence-electron chi connectivity index (χ4n) is 0.812. The highest BCUT2D eigenvalue weighted by atomic mass is 16.1. The lowest BCUT2D eigenvalue weighted by Crippen LogP contribution is -2.19. The Bertz CT molecular complexity index is 262. The van der Waals surface area contributed by atoms with Crippen LogP contribution in [0.4, 0.5) is 5.82 Å². The van der Waals surface area contributed by atoms with E-state index in [0.29, 0.717) is 18.8 Å². The molecule has 0 spiro atoms. The van der Waals surface area contributed by atoms with Crippen LogP contribution in [0.2, 0.25) is 0 Å². The second-order valence-corrected chi connectivity index (χ2v) is 2.51. The maximum atomic E-state index is 11.2. The maximum Gasteiger partial charge on any atom is 0.226 e. The van der Waals surface area contributed by atoms with Gasteiger partial charge in [0.2, 0.25) is 5.91 Å². The molecule has 70 valence electrons. The van der Waals surface area contributed by atoms with Crippen molar-refractivity contribution in [1.82, 2.24) is 15.5 Å². The van der Waals surface area contributed by atoms with Gasteiger partial charge in [-0.05, 0) is 19.2 Å². The highest BCUT2D eigenvalue weighted by molar-refractivity contribution is 5.89. The van der Waals surface area contributed by atoms with Gasteiger partial charge in [-0.1, -0.05) is 0 Å². The topological polar surface area (TPSA) is 66.9 Å². The Balaban J connectivity index is 2.37. The monoisotopic (exact) mass is 180 g/mol. The molecule has 0 radical (unpaired) electrons. The van der Waals surface area contributed by atoms with Crippen LogP contribution >= 0.6 is 0 Å². The van der Waals surface area contributed by atoms with E-state index < -0.39 is 0 Å². The number of aromatic nitrogens is 2. The first-order valence-electron chi connectivity index (χ1n) is 4.05. The lowest BCUT2D eigenvalue weighted by atomic mass is 10.4. The van der Waals surface area contributed by atoms with Crippen LogP contribution in [-0.4, -0.2) is 29.7 Å². The number of nitrogens with zero attached hydrogens (tertiary/aromatic N) is 2. The van der Waals surface area contributed by atoms with Gasteiger partial charge in [0.25, 0.3) is 0 Å². The molecule has 0 fully saturated rings. The van der Waals surface area contributed by atoms with Crippen LogP contribution in [0.1, 0.15) is 6.42 Å². The second-order valence-electron chi connectivity index (χ2n) is 2.51. The molecule has 0 saturated carbocycles. The van der Waals surface area contributed by atoms with Crippen LogP contribution in [0.5, 0.6) is 0 Å². The fraction of sp³-hybridized carbons (Fsp3) is 0.375. The number of hydrogen-bond acceptors (Lipinski definition) is 4. The Hall–Kier alpha value is -1.49. The predicted molar refractivity (Wildman–Crippen MR) is 49.2 cm³/mol. The summed E-state index contributed by atoms with van der Waals surface area (Å²) in [5.41, 5.74) is 0. The minimum absolute atomic E-state index is 0.0603. The van der Waals surface area contributed by atoms with Crippen LogP contribution in [0.3, 0.4) is 0 Å². The predicted octanol–water partition coefficient (Wildman–Crippen LogP) is 0.0246. The summed E-state index contributed by atoms with van der Waals surface area (Å²) in [4.78, 5) is 11.2. The number of rotatable bonds is 4. The SMILES string of the molecule is CNCCC(=O)Nc1cccnn1. The van der Waals surface area contributed by atoms with Gasteiger partial charge in [-0.15, -0.1) is 5.10 Å². The lowest BCUT2D eigenvalue weighted by Gasteiger charge is -2.01. The summed E-state index contributed by atoms with van der Waals surface area (Å²) in [6.07, 6.45) is 2.00. The molecule has 0 aliphatic heterocycles. The van der Waals surface area contributed by atoms with Crippen LogP contribution in [0.15, 0.2) is 18.3 Å². The average molecular weight is 180 g/mol. The van der Waals surface area contributed by atoms with Crippen molar-refractivity contribution in [3.05, 3.63) is 18.3 Å². The molecular weight excluding hydrogens is 168 g/mol. The van der Waals surface area contributed by atoms with Crippen LogP contribution in [-0.2, 0) is 4.79 Å². The molecule has 5 heteroatoms. The summed E-state index contributed by atoms with van der Waals surface area (Å²) in [6.45, 7) is 0.659. The molecule has 13 heavy (non-hydrogen) atoms. The Morgan fingerprint density at radius 2 is 2.46 bits per heavy atom. The molecule has 1 heterocycles. The molecule has 1 aromatic rings. The normalized spacial score (nSPS) is 9.62. The minimum atomic E-state index is -0.0603. The molecule has 0 atom stereocenters. The summed E-state index contributed by atoms with van der Waals surface area (Å²) < 4.78 is 0. The zero-order valence-electron chi connectivity index (χ0n) is 7.45. The third-order valence-corrected chi connectivity index (χ3v) is 1.44. The van der Waals surface area contributed by atoms with Gasteiger partial charge in [-0.3, -0.25) is 4.79 Å². The lowest BCUT2D eigenvalue weighted by molar-refractivity contribution is -0.116. The Labute approximate surface area is 76.6 Å². The van der Waals surface area contributed by atoms with Crippen molar-refractivity contribution in [1.29, 1.82) is 0 Å².